The van der Waals surface area contributed by atoms with Crippen molar-refractivity contribution < 1.29 is 4.21 Å². The molecule has 0 amide bonds. The Balaban J connectivity index is 2.70. The van der Waals surface area contributed by atoms with Crippen molar-refractivity contribution in [2.24, 2.45) is 0 Å². The normalized spacial score (nSPS) is 12.4. The molecule has 0 aliphatic rings. The van der Waals surface area contributed by atoms with Crippen LogP contribution in [0.25, 0.3) is 0 Å². The second kappa shape index (κ2) is 6.81. The lowest BCUT2D eigenvalue weighted by molar-refractivity contribution is 0.687. The summed E-state index contributed by atoms with van der Waals surface area (Å²) in [4.78, 5) is 8.11. The van der Waals surface area contributed by atoms with Gasteiger partial charge in [0, 0.05) is 34.9 Å². The van der Waals surface area contributed by atoms with Crippen LogP contribution in [0.15, 0.2) is 6.33 Å². The summed E-state index contributed by atoms with van der Waals surface area (Å²) in [6, 6.07) is 0. The lowest BCUT2D eigenvalue weighted by Crippen LogP contribution is -2.13. The Morgan fingerprint density at radius 2 is 2.25 bits per heavy atom. The monoisotopic (exact) mass is 261 g/mol. The van der Waals surface area contributed by atoms with Gasteiger partial charge in [-0.25, -0.2) is 9.97 Å². The van der Waals surface area contributed by atoms with E-state index >= 15 is 0 Å². The van der Waals surface area contributed by atoms with E-state index in [9.17, 15) is 4.21 Å². The van der Waals surface area contributed by atoms with E-state index in [1.807, 2.05) is 0 Å². The topological polar surface area (TPSA) is 54.9 Å². The molecule has 16 heavy (non-hydrogen) atoms. The third-order valence-corrected chi connectivity index (χ3v) is 3.18. The largest absolute Gasteiger partial charge is 0.369 e. The quantitative estimate of drug-likeness (QED) is 0.795. The summed E-state index contributed by atoms with van der Waals surface area (Å²) in [5, 5.41) is 3.64. The van der Waals surface area contributed by atoms with Crippen LogP contribution in [0.1, 0.15) is 18.9 Å². The maximum atomic E-state index is 10.9. The van der Waals surface area contributed by atoms with E-state index in [4.69, 9.17) is 11.6 Å². The van der Waals surface area contributed by atoms with E-state index < -0.39 is 10.8 Å². The van der Waals surface area contributed by atoms with Crippen LogP contribution in [0, 0.1) is 0 Å². The number of aromatic nitrogens is 2. The molecule has 1 atom stereocenters. The van der Waals surface area contributed by atoms with Crippen LogP contribution in [0.4, 0.5) is 5.82 Å². The molecule has 6 heteroatoms. The van der Waals surface area contributed by atoms with E-state index in [1.165, 1.54) is 6.33 Å². The smallest absolute Gasteiger partial charge is 0.137 e. The maximum absolute atomic E-state index is 10.9. The van der Waals surface area contributed by atoms with Gasteiger partial charge in [0.05, 0.1) is 0 Å². The molecule has 1 aromatic heterocycles. The molecule has 0 bridgehead atoms. The van der Waals surface area contributed by atoms with Crippen molar-refractivity contribution >= 4 is 28.2 Å². The molecule has 4 nitrogen and oxygen atoms in total. The zero-order valence-electron chi connectivity index (χ0n) is 9.49. The SMILES string of the molecule is CCCc1c(Cl)ncnc1NCCS(C)=O. The van der Waals surface area contributed by atoms with Crippen molar-refractivity contribution in [1.82, 2.24) is 9.97 Å². The average molecular weight is 262 g/mol. The van der Waals surface area contributed by atoms with Gasteiger partial charge >= 0.3 is 0 Å². The van der Waals surface area contributed by atoms with Crippen molar-refractivity contribution in [3.05, 3.63) is 17.0 Å². The lowest BCUT2D eigenvalue weighted by Gasteiger charge is -2.10. The second-order valence-corrected chi connectivity index (χ2v) is 5.36. The van der Waals surface area contributed by atoms with Crippen LogP contribution < -0.4 is 5.32 Å². The second-order valence-electron chi connectivity index (χ2n) is 3.45. The highest BCUT2D eigenvalue weighted by molar-refractivity contribution is 7.84. The third-order valence-electron chi connectivity index (χ3n) is 2.07. The molecule has 1 rings (SSSR count). The Bertz CT molecular complexity index is 373. The lowest BCUT2D eigenvalue weighted by atomic mass is 10.2. The first-order chi connectivity index (χ1) is 7.65. The number of halogens is 1. The van der Waals surface area contributed by atoms with E-state index in [1.54, 1.807) is 6.26 Å². The third kappa shape index (κ3) is 4.06. The summed E-state index contributed by atoms with van der Waals surface area (Å²) in [5.41, 5.74) is 0.938. The predicted molar refractivity (Wildman–Crippen MR) is 68.5 cm³/mol. The summed E-state index contributed by atoms with van der Waals surface area (Å²) >= 11 is 6.00. The fourth-order valence-corrected chi connectivity index (χ4v) is 1.95. The minimum atomic E-state index is -0.794. The van der Waals surface area contributed by atoms with Gasteiger partial charge in [0.2, 0.25) is 0 Å². The van der Waals surface area contributed by atoms with Crippen molar-refractivity contribution in [2.45, 2.75) is 19.8 Å². The molecule has 90 valence electrons. The van der Waals surface area contributed by atoms with Gasteiger partial charge in [-0.15, -0.1) is 0 Å². The van der Waals surface area contributed by atoms with Crippen molar-refractivity contribution in [1.29, 1.82) is 0 Å². The van der Waals surface area contributed by atoms with Crippen LogP contribution in [-0.4, -0.2) is 32.7 Å². The Morgan fingerprint density at radius 1 is 1.50 bits per heavy atom. The minimum absolute atomic E-state index is 0.497. The number of hydrogen-bond donors (Lipinski definition) is 1. The number of rotatable bonds is 6. The predicted octanol–water partition coefficient (Wildman–Crippen LogP) is 1.87. The summed E-state index contributed by atoms with van der Waals surface area (Å²) < 4.78 is 10.9. The molecule has 0 radical (unpaired) electrons. The molecule has 0 fully saturated rings. The molecule has 1 unspecified atom stereocenters. The molecule has 0 spiro atoms. The molecular formula is C10H16ClN3OS. The number of nitrogens with one attached hydrogen (secondary N) is 1. The molecule has 1 heterocycles. The Labute approximate surface area is 103 Å². The molecule has 0 saturated carbocycles. The summed E-state index contributed by atoms with van der Waals surface area (Å²) in [7, 11) is -0.794. The molecule has 0 aliphatic heterocycles. The summed E-state index contributed by atoms with van der Waals surface area (Å²) in [5.74, 6) is 1.36. The van der Waals surface area contributed by atoms with Crippen molar-refractivity contribution in [3.8, 4) is 0 Å². The van der Waals surface area contributed by atoms with Gasteiger partial charge in [0.25, 0.3) is 0 Å². The van der Waals surface area contributed by atoms with E-state index in [2.05, 4.69) is 22.2 Å². The molecular weight excluding hydrogens is 246 g/mol. The number of anilines is 1. The zero-order valence-corrected chi connectivity index (χ0v) is 11.1. The molecule has 0 saturated heterocycles. The Hall–Kier alpha value is -0.680. The first-order valence-electron chi connectivity index (χ1n) is 5.18. The van der Waals surface area contributed by atoms with Crippen LogP contribution in [0.5, 0.6) is 0 Å². The van der Waals surface area contributed by atoms with Gasteiger partial charge in [-0.1, -0.05) is 24.9 Å². The summed E-state index contributed by atoms with van der Waals surface area (Å²) in [6.07, 6.45) is 4.95. The van der Waals surface area contributed by atoms with Crippen LogP contribution in [0.3, 0.4) is 0 Å². The first kappa shape index (κ1) is 13.4. The zero-order chi connectivity index (χ0) is 12.0. The highest BCUT2D eigenvalue weighted by atomic mass is 35.5. The van der Waals surface area contributed by atoms with E-state index in [0.717, 1.165) is 24.2 Å². The van der Waals surface area contributed by atoms with Crippen LogP contribution >= 0.6 is 11.6 Å². The van der Waals surface area contributed by atoms with E-state index in [0.29, 0.717) is 17.5 Å². The number of nitrogens with zero attached hydrogens (tertiary/aromatic N) is 2. The van der Waals surface area contributed by atoms with Gasteiger partial charge in [0.1, 0.15) is 17.3 Å². The van der Waals surface area contributed by atoms with Gasteiger partial charge in [0.15, 0.2) is 0 Å². The van der Waals surface area contributed by atoms with Gasteiger partial charge in [-0.3, -0.25) is 4.21 Å². The van der Waals surface area contributed by atoms with Crippen LogP contribution in [-0.2, 0) is 17.2 Å². The number of hydrogen-bond acceptors (Lipinski definition) is 4. The van der Waals surface area contributed by atoms with Gasteiger partial charge < -0.3 is 5.32 Å². The standard InChI is InChI=1S/C10H16ClN3OS/c1-3-4-8-9(11)13-7-14-10(8)12-5-6-16(2)15/h7H,3-6H2,1-2H3,(H,12,13,14). The van der Waals surface area contributed by atoms with Gasteiger partial charge in [-0.2, -0.15) is 0 Å². The first-order valence-corrected chi connectivity index (χ1v) is 7.29. The highest BCUT2D eigenvalue weighted by Crippen LogP contribution is 2.20. The Kier molecular flexibility index (Phi) is 5.69. The molecule has 0 aromatic carbocycles. The van der Waals surface area contributed by atoms with Gasteiger partial charge in [-0.05, 0) is 6.42 Å². The molecule has 0 aliphatic carbocycles. The van der Waals surface area contributed by atoms with Crippen LogP contribution in [0.2, 0.25) is 5.15 Å². The Morgan fingerprint density at radius 3 is 2.88 bits per heavy atom. The summed E-state index contributed by atoms with van der Waals surface area (Å²) in [6.45, 7) is 2.71. The molecule has 1 aromatic rings. The highest BCUT2D eigenvalue weighted by Gasteiger charge is 2.08. The van der Waals surface area contributed by atoms with Crippen molar-refractivity contribution in [3.63, 3.8) is 0 Å². The van der Waals surface area contributed by atoms with Crippen molar-refractivity contribution in [2.75, 3.05) is 23.9 Å². The molecule has 1 N–H and O–H groups in total. The average Bonchev–Trinajstić information content (AvgIpc) is 2.22. The minimum Gasteiger partial charge on any atom is -0.369 e. The van der Waals surface area contributed by atoms with E-state index in [-0.39, 0.29) is 0 Å². The fourth-order valence-electron chi connectivity index (χ4n) is 1.33. The maximum Gasteiger partial charge on any atom is 0.137 e. The fraction of sp³-hybridized carbons (Fsp3) is 0.600.